The van der Waals surface area contributed by atoms with E-state index in [1.54, 1.807) is 0 Å². The molecule has 1 N–H and O–H groups in total. The highest BCUT2D eigenvalue weighted by Crippen LogP contribution is 2.33. The second-order valence-electron chi connectivity index (χ2n) is 6.73. The SMILES string of the molecule is CNCCN1C(=O)CCC2CN(c3nc(C)ccc3C#N)CCC21. The number of aromatic nitrogens is 1. The fourth-order valence-electron chi connectivity index (χ4n) is 3.94. The number of pyridine rings is 1. The van der Waals surface area contributed by atoms with Crippen LogP contribution in [0.15, 0.2) is 12.1 Å². The molecule has 0 aromatic carbocycles. The molecule has 1 aromatic rings. The van der Waals surface area contributed by atoms with E-state index in [0.29, 0.717) is 23.9 Å². The molecule has 0 spiro atoms. The molecule has 0 radical (unpaired) electrons. The number of hydrogen-bond donors (Lipinski definition) is 1. The van der Waals surface area contributed by atoms with Crippen molar-refractivity contribution >= 4 is 11.7 Å². The number of likely N-dealkylation sites (N-methyl/N-ethyl adjacent to an activating group) is 1. The molecular weight excluding hydrogens is 302 g/mol. The number of fused-ring (bicyclic) bond motifs is 1. The molecule has 3 heterocycles. The lowest BCUT2D eigenvalue weighted by atomic mass is 9.83. The summed E-state index contributed by atoms with van der Waals surface area (Å²) in [6.07, 6.45) is 2.51. The van der Waals surface area contributed by atoms with Gasteiger partial charge in [-0.2, -0.15) is 5.26 Å². The van der Waals surface area contributed by atoms with Crippen molar-refractivity contribution < 1.29 is 4.79 Å². The molecule has 2 aliphatic rings. The van der Waals surface area contributed by atoms with Gasteiger partial charge in [0.2, 0.25) is 5.91 Å². The fraction of sp³-hybridized carbons (Fsp3) is 0.611. The van der Waals surface area contributed by atoms with E-state index in [0.717, 1.165) is 50.5 Å². The smallest absolute Gasteiger partial charge is 0.222 e. The minimum absolute atomic E-state index is 0.284. The van der Waals surface area contributed by atoms with Crippen molar-refractivity contribution in [3.63, 3.8) is 0 Å². The molecule has 1 amide bonds. The Morgan fingerprint density at radius 3 is 3.00 bits per heavy atom. The summed E-state index contributed by atoms with van der Waals surface area (Å²) in [7, 11) is 1.92. The first-order valence-corrected chi connectivity index (χ1v) is 8.70. The first-order valence-electron chi connectivity index (χ1n) is 8.70. The minimum Gasteiger partial charge on any atom is -0.355 e. The molecule has 0 bridgehead atoms. The largest absolute Gasteiger partial charge is 0.355 e. The molecule has 2 unspecified atom stereocenters. The van der Waals surface area contributed by atoms with Crippen molar-refractivity contribution in [1.29, 1.82) is 5.26 Å². The van der Waals surface area contributed by atoms with Gasteiger partial charge in [0.25, 0.3) is 0 Å². The average Bonchev–Trinajstić information content (AvgIpc) is 2.60. The molecular formula is C18H25N5O. The highest BCUT2D eigenvalue weighted by molar-refractivity contribution is 5.77. The van der Waals surface area contributed by atoms with E-state index in [-0.39, 0.29) is 5.91 Å². The van der Waals surface area contributed by atoms with Gasteiger partial charge in [-0.1, -0.05) is 0 Å². The molecule has 0 aliphatic carbocycles. The molecule has 3 rings (SSSR count). The number of nitrogens with zero attached hydrogens (tertiary/aromatic N) is 4. The van der Waals surface area contributed by atoms with Crippen LogP contribution in [0.4, 0.5) is 5.82 Å². The second-order valence-corrected chi connectivity index (χ2v) is 6.73. The fourth-order valence-corrected chi connectivity index (χ4v) is 3.94. The normalized spacial score (nSPS) is 23.8. The molecule has 2 saturated heterocycles. The van der Waals surface area contributed by atoms with Gasteiger partial charge in [-0.3, -0.25) is 4.79 Å². The van der Waals surface area contributed by atoms with E-state index >= 15 is 0 Å². The third-order valence-corrected chi connectivity index (χ3v) is 5.18. The summed E-state index contributed by atoms with van der Waals surface area (Å²) in [5.41, 5.74) is 1.57. The number of anilines is 1. The Morgan fingerprint density at radius 1 is 1.42 bits per heavy atom. The van der Waals surface area contributed by atoms with Crippen LogP contribution in [0.1, 0.15) is 30.5 Å². The molecule has 2 atom stereocenters. The number of rotatable bonds is 4. The zero-order valence-corrected chi connectivity index (χ0v) is 14.5. The lowest BCUT2D eigenvalue weighted by Gasteiger charge is -2.47. The second kappa shape index (κ2) is 7.18. The Balaban J connectivity index is 1.77. The number of likely N-dealkylation sites (tertiary alicyclic amines) is 1. The first kappa shape index (κ1) is 16.7. The van der Waals surface area contributed by atoms with Crippen molar-refractivity contribution in [1.82, 2.24) is 15.2 Å². The number of amides is 1. The van der Waals surface area contributed by atoms with Gasteiger partial charge in [-0.15, -0.1) is 0 Å². The number of nitrogens with one attached hydrogen (secondary N) is 1. The molecule has 128 valence electrons. The number of hydrogen-bond acceptors (Lipinski definition) is 5. The molecule has 24 heavy (non-hydrogen) atoms. The average molecular weight is 327 g/mol. The highest BCUT2D eigenvalue weighted by atomic mass is 16.2. The zero-order valence-electron chi connectivity index (χ0n) is 14.5. The van der Waals surface area contributed by atoms with Gasteiger partial charge >= 0.3 is 0 Å². The summed E-state index contributed by atoms with van der Waals surface area (Å²) >= 11 is 0. The summed E-state index contributed by atoms with van der Waals surface area (Å²) in [6, 6.07) is 6.32. The van der Waals surface area contributed by atoms with Crippen LogP contribution in [0, 0.1) is 24.2 Å². The van der Waals surface area contributed by atoms with Crippen molar-refractivity contribution in [2.75, 3.05) is 38.1 Å². The third kappa shape index (κ3) is 3.22. The van der Waals surface area contributed by atoms with Gasteiger partial charge in [0.1, 0.15) is 11.9 Å². The third-order valence-electron chi connectivity index (χ3n) is 5.18. The number of piperidine rings is 2. The summed E-state index contributed by atoms with van der Waals surface area (Å²) < 4.78 is 0. The van der Waals surface area contributed by atoms with E-state index in [9.17, 15) is 10.1 Å². The van der Waals surface area contributed by atoms with Crippen LogP contribution >= 0.6 is 0 Å². The van der Waals surface area contributed by atoms with Gasteiger partial charge in [0, 0.05) is 44.3 Å². The van der Waals surface area contributed by atoms with E-state index in [1.165, 1.54) is 0 Å². The number of aryl methyl sites for hydroxylation is 1. The Hall–Kier alpha value is -2.13. The number of nitriles is 1. The minimum atomic E-state index is 0.284. The van der Waals surface area contributed by atoms with Crippen LogP contribution in [0.3, 0.4) is 0 Å². The molecule has 6 heteroatoms. The highest BCUT2D eigenvalue weighted by Gasteiger charge is 2.39. The van der Waals surface area contributed by atoms with Crippen molar-refractivity contribution in [3.05, 3.63) is 23.4 Å². The van der Waals surface area contributed by atoms with Gasteiger partial charge in [-0.05, 0) is 44.9 Å². The van der Waals surface area contributed by atoms with Gasteiger partial charge in [-0.25, -0.2) is 4.98 Å². The summed E-state index contributed by atoms with van der Waals surface area (Å²) in [4.78, 5) is 21.2. The van der Waals surface area contributed by atoms with E-state index < -0.39 is 0 Å². The zero-order chi connectivity index (χ0) is 17.1. The Morgan fingerprint density at radius 2 is 2.25 bits per heavy atom. The maximum atomic E-state index is 12.3. The number of carbonyl (C=O) groups excluding carboxylic acids is 1. The summed E-state index contributed by atoms with van der Waals surface area (Å²) in [5.74, 6) is 1.54. The quantitative estimate of drug-likeness (QED) is 0.902. The van der Waals surface area contributed by atoms with Crippen molar-refractivity contribution in [2.45, 2.75) is 32.2 Å². The Bertz CT molecular complexity index is 653. The lowest BCUT2D eigenvalue weighted by Crippen LogP contribution is -2.57. The van der Waals surface area contributed by atoms with Crippen LogP contribution in [-0.4, -0.2) is 55.1 Å². The maximum absolute atomic E-state index is 12.3. The summed E-state index contributed by atoms with van der Waals surface area (Å²) in [6.45, 7) is 5.28. The van der Waals surface area contributed by atoms with Crippen molar-refractivity contribution in [2.24, 2.45) is 5.92 Å². The number of carbonyl (C=O) groups is 1. The van der Waals surface area contributed by atoms with Crippen LogP contribution in [-0.2, 0) is 4.79 Å². The standard InChI is InChI=1S/C18H25N5O/c1-13-3-4-14(11-19)18(21-13)22-9-7-16-15(12-22)5-6-17(24)23(16)10-8-20-2/h3-4,15-16,20H,5-10,12H2,1-2H3. The van der Waals surface area contributed by atoms with Gasteiger partial charge in [0.15, 0.2) is 0 Å². The van der Waals surface area contributed by atoms with Gasteiger partial charge < -0.3 is 15.1 Å². The maximum Gasteiger partial charge on any atom is 0.222 e. The van der Waals surface area contributed by atoms with Crippen molar-refractivity contribution in [3.8, 4) is 6.07 Å². The van der Waals surface area contributed by atoms with Crippen LogP contribution in [0.2, 0.25) is 0 Å². The predicted molar refractivity (Wildman–Crippen MR) is 92.7 cm³/mol. The van der Waals surface area contributed by atoms with Gasteiger partial charge in [0.05, 0.1) is 5.56 Å². The predicted octanol–water partition coefficient (Wildman–Crippen LogP) is 1.30. The first-order chi connectivity index (χ1) is 11.6. The van der Waals surface area contributed by atoms with Crippen LogP contribution in [0.5, 0.6) is 0 Å². The summed E-state index contributed by atoms with van der Waals surface area (Å²) in [5, 5.41) is 12.5. The van der Waals surface area contributed by atoms with E-state index in [1.807, 2.05) is 26.1 Å². The molecule has 2 fully saturated rings. The van der Waals surface area contributed by atoms with E-state index in [4.69, 9.17) is 0 Å². The topological polar surface area (TPSA) is 72.3 Å². The molecule has 1 aromatic heterocycles. The monoisotopic (exact) mass is 327 g/mol. The Kier molecular flexibility index (Phi) is 5.00. The Labute approximate surface area is 143 Å². The molecule has 6 nitrogen and oxygen atoms in total. The van der Waals surface area contributed by atoms with Crippen LogP contribution in [0.25, 0.3) is 0 Å². The molecule has 2 aliphatic heterocycles. The lowest BCUT2D eigenvalue weighted by molar-refractivity contribution is -0.139. The molecule has 0 saturated carbocycles. The van der Waals surface area contributed by atoms with E-state index in [2.05, 4.69) is 26.2 Å². The van der Waals surface area contributed by atoms with Crippen LogP contribution < -0.4 is 10.2 Å².